The van der Waals surface area contributed by atoms with Crippen LogP contribution in [0, 0.1) is 11.6 Å². The fourth-order valence-corrected chi connectivity index (χ4v) is 4.76. The number of esters is 1. The van der Waals surface area contributed by atoms with Crippen LogP contribution in [0.4, 0.5) is 22.0 Å². The highest BCUT2D eigenvalue weighted by molar-refractivity contribution is 5.78. The number of fused-ring (bicyclic) bond motifs is 1. The van der Waals surface area contributed by atoms with Crippen molar-refractivity contribution < 1.29 is 57.6 Å². The number of alkyl halides is 3. The molecule has 2 aromatic carbocycles. The molecule has 0 amide bonds. The Kier molecular flexibility index (Phi) is 11.0. The molecule has 5 rings (SSSR count). The Balaban J connectivity index is 0.00000520. The number of benzene rings is 2. The fraction of sp³-hybridized carbons (Fsp3) is 0.344. The van der Waals surface area contributed by atoms with E-state index in [4.69, 9.17) is 14.0 Å². The van der Waals surface area contributed by atoms with E-state index in [1.807, 2.05) is 28.1 Å². The monoisotopic (exact) mass is 694 g/mol. The van der Waals surface area contributed by atoms with Crippen LogP contribution in [0.5, 0.6) is 5.75 Å². The molecule has 0 bridgehead atoms. The summed E-state index contributed by atoms with van der Waals surface area (Å²) in [6.07, 6.45) is -1.03. The van der Waals surface area contributed by atoms with Crippen molar-refractivity contribution >= 4 is 5.97 Å². The van der Waals surface area contributed by atoms with Crippen molar-refractivity contribution in [3.05, 3.63) is 77.8 Å². The molecule has 1 unspecified atom stereocenters. The summed E-state index contributed by atoms with van der Waals surface area (Å²) < 4.78 is 88.8. The number of halogens is 6. The Morgan fingerprint density at radius 1 is 1.00 bits per heavy atom. The third-order valence-corrected chi connectivity index (χ3v) is 7.02. The summed E-state index contributed by atoms with van der Waals surface area (Å²) in [6, 6.07) is 6.87. The first kappa shape index (κ1) is 36.2. The normalized spacial score (nSPS) is 12.5. The van der Waals surface area contributed by atoms with Crippen LogP contribution < -0.4 is 17.1 Å². The van der Waals surface area contributed by atoms with Gasteiger partial charge in [0.05, 0.1) is 64.4 Å². The van der Waals surface area contributed by atoms with Gasteiger partial charge in [0, 0.05) is 18.1 Å². The van der Waals surface area contributed by atoms with Gasteiger partial charge in [-0.15, -0.1) is 0 Å². The summed E-state index contributed by atoms with van der Waals surface area (Å²) in [5.74, 6) is -3.25. The van der Waals surface area contributed by atoms with E-state index in [1.54, 1.807) is 0 Å². The highest BCUT2D eigenvalue weighted by Crippen LogP contribution is 2.40. The summed E-state index contributed by atoms with van der Waals surface area (Å²) in [4.78, 5) is 22.0. The second kappa shape index (κ2) is 14.6. The maximum atomic E-state index is 14.5. The van der Waals surface area contributed by atoms with Crippen LogP contribution >= 0.6 is 0 Å². The summed E-state index contributed by atoms with van der Waals surface area (Å²) in [7, 11) is 5.95. The Morgan fingerprint density at radius 2 is 1.75 bits per heavy atom. The lowest BCUT2D eigenvalue weighted by Gasteiger charge is -2.23. The standard InChI is InChI=1S/C32H32F5N6O4.ClH/c1-5-13-45-19-10-11-20(22(15-19)32(35,36)37)24-16-27(47-41-24)29(31(44)46-14-7-12-43(2,3)4)42-18-26-25(17-38-42)39-30(40-26)21-8-6-9-23(33)28(21)34;/h6,8-11,15-18,29H,5,7,12-14H2,1-4H3;1H/q+1;/p-1. The molecule has 10 nitrogen and oxygen atoms in total. The van der Waals surface area contributed by atoms with Crippen molar-refractivity contribution in [2.45, 2.75) is 32.0 Å². The lowest BCUT2D eigenvalue weighted by Crippen LogP contribution is -3.00. The minimum atomic E-state index is -4.75. The number of rotatable bonds is 12. The summed E-state index contributed by atoms with van der Waals surface area (Å²) in [6.45, 7) is 2.82. The number of ether oxygens (including phenoxy) is 2. The molecule has 256 valence electrons. The zero-order chi connectivity index (χ0) is 33.9. The number of hydrogen-bond acceptors (Lipinski definition) is 8. The number of quaternary nitrogens is 1. The van der Waals surface area contributed by atoms with E-state index < -0.39 is 35.4 Å². The molecule has 1 atom stereocenters. The van der Waals surface area contributed by atoms with Gasteiger partial charge in [-0.05, 0) is 36.8 Å². The van der Waals surface area contributed by atoms with Gasteiger partial charge in [-0.3, -0.25) is 0 Å². The first-order valence-electron chi connectivity index (χ1n) is 14.7. The van der Waals surface area contributed by atoms with Gasteiger partial charge >= 0.3 is 12.1 Å². The molecule has 2 aliphatic rings. The molecule has 0 saturated carbocycles. The zero-order valence-corrected chi connectivity index (χ0v) is 27.1. The van der Waals surface area contributed by atoms with Gasteiger partial charge in [-0.2, -0.15) is 18.3 Å². The zero-order valence-electron chi connectivity index (χ0n) is 26.4. The maximum absolute atomic E-state index is 14.5. The molecular formula is C32H32ClF5N6O4. The minimum Gasteiger partial charge on any atom is -1.00 e. The Bertz CT molecular complexity index is 1840. The molecule has 0 aliphatic carbocycles. The molecule has 48 heavy (non-hydrogen) atoms. The second-order valence-corrected chi connectivity index (χ2v) is 11.8. The van der Waals surface area contributed by atoms with Crippen molar-refractivity contribution in [3.63, 3.8) is 0 Å². The number of imidazole rings is 1. The molecule has 16 heteroatoms. The number of carbonyl (C=O) groups is 1. The van der Waals surface area contributed by atoms with E-state index in [-0.39, 0.29) is 71.2 Å². The maximum Gasteiger partial charge on any atom is 0.417 e. The third kappa shape index (κ3) is 8.26. The molecule has 0 saturated heterocycles. The van der Waals surface area contributed by atoms with Crippen LogP contribution in [0.3, 0.4) is 0 Å². The number of nitrogens with zero attached hydrogens (tertiary/aromatic N) is 6. The summed E-state index contributed by atoms with van der Waals surface area (Å²) in [5.41, 5.74) is -1.26. The van der Waals surface area contributed by atoms with Crippen LogP contribution in [0.2, 0.25) is 0 Å². The highest BCUT2D eigenvalue weighted by atomic mass is 35.5. The van der Waals surface area contributed by atoms with Gasteiger partial charge < -0.3 is 30.9 Å². The largest absolute Gasteiger partial charge is 1.00 e. The molecule has 2 aliphatic heterocycles. The summed E-state index contributed by atoms with van der Waals surface area (Å²) >= 11 is 0. The molecule has 0 radical (unpaired) electrons. The van der Waals surface area contributed by atoms with Crippen molar-refractivity contribution in [3.8, 4) is 39.8 Å². The molecule has 3 aromatic rings. The van der Waals surface area contributed by atoms with Crippen LogP contribution in [0.1, 0.15) is 37.1 Å². The van der Waals surface area contributed by atoms with E-state index >= 15 is 0 Å². The third-order valence-electron chi connectivity index (χ3n) is 7.02. The van der Waals surface area contributed by atoms with Gasteiger partial charge in [0.25, 0.3) is 0 Å². The van der Waals surface area contributed by atoms with E-state index in [0.29, 0.717) is 23.9 Å². The van der Waals surface area contributed by atoms with Crippen molar-refractivity contribution in [2.75, 3.05) is 40.9 Å². The van der Waals surface area contributed by atoms with Crippen LogP contribution in [0.25, 0.3) is 34.0 Å². The number of hydrogen-bond donors (Lipinski definition) is 0. The quantitative estimate of drug-likeness (QED) is 0.0848. The van der Waals surface area contributed by atoms with Gasteiger partial charge in [0.2, 0.25) is 6.04 Å². The van der Waals surface area contributed by atoms with Crippen molar-refractivity contribution in [1.29, 1.82) is 0 Å². The first-order valence-corrected chi connectivity index (χ1v) is 14.7. The van der Waals surface area contributed by atoms with Crippen LogP contribution in [-0.4, -0.2) is 76.3 Å². The van der Waals surface area contributed by atoms with Crippen LogP contribution in [0.15, 0.2) is 59.4 Å². The lowest BCUT2D eigenvalue weighted by atomic mass is 10.0. The lowest BCUT2D eigenvalue weighted by molar-refractivity contribution is -0.870. The van der Waals surface area contributed by atoms with E-state index in [9.17, 15) is 26.7 Å². The predicted octanol–water partition coefficient (Wildman–Crippen LogP) is 3.42. The molecule has 3 heterocycles. The Morgan fingerprint density at radius 3 is 2.46 bits per heavy atom. The average Bonchev–Trinajstić information content (AvgIpc) is 3.66. The molecule has 1 aromatic heterocycles. The Labute approximate surface area is 278 Å². The average molecular weight is 695 g/mol. The first-order chi connectivity index (χ1) is 22.2. The number of aromatic nitrogens is 5. The Hall–Kier alpha value is -4.63. The molecular weight excluding hydrogens is 663 g/mol. The van der Waals surface area contributed by atoms with Gasteiger partial charge in [0.15, 0.2) is 23.2 Å². The topological polar surface area (TPSA) is 105 Å². The second-order valence-electron chi connectivity index (χ2n) is 11.8. The molecule has 0 spiro atoms. The smallest absolute Gasteiger partial charge is 0.417 e. The summed E-state index contributed by atoms with van der Waals surface area (Å²) in [5, 5.41) is 8.12. The fourth-order valence-electron chi connectivity index (χ4n) is 4.76. The van der Waals surface area contributed by atoms with Gasteiger partial charge in [0.1, 0.15) is 22.8 Å². The van der Waals surface area contributed by atoms with Gasteiger partial charge in [-0.1, -0.05) is 18.1 Å². The van der Waals surface area contributed by atoms with Crippen LogP contribution in [-0.2, 0) is 15.7 Å². The van der Waals surface area contributed by atoms with E-state index in [1.165, 1.54) is 42.7 Å². The number of carbonyl (C=O) groups excluding carboxylic acids is 1. The minimum absolute atomic E-state index is 0. The van der Waals surface area contributed by atoms with E-state index in [2.05, 4.69) is 20.2 Å². The SMILES string of the molecule is CCCOc1ccc(-c2cc(C(C(=O)OCCC[N+](C)(C)C)n3cc4nc(-c5cccc(F)c5F)nc-4cn3)on2)c(C(F)(F)F)c1.[Cl-]. The molecule has 0 fully saturated rings. The van der Waals surface area contributed by atoms with E-state index in [0.717, 1.165) is 16.8 Å². The highest BCUT2D eigenvalue weighted by Gasteiger charge is 2.36. The molecule has 0 N–H and O–H groups in total. The van der Waals surface area contributed by atoms with Gasteiger partial charge in [-0.25, -0.2) is 28.2 Å². The van der Waals surface area contributed by atoms with Crippen molar-refractivity contribution in [2.24, 2.45) is 0 Å². The van der Waals surface area contributed by atoms with Crippen molar-refractivity contribution in [1.82, 2.24) is 24.9 Å². The predicted molar refractivity (Wildman–Crippen MR) is 159 cm³/mol.